The molecule has 2 atom stereocenters. The summed E-state index contributed by atoms with van der Waals surface area (Å²) in [5, 5.41) is 25.6. The molecule has 10 nitrogen and oxygen atoms in total. The highest BCUT2D eigenvalue weighted by atomic mass is 32.2. The van der Waals surface area contributed by atoms with Crippen molar-refractivity contribution >= 4 is 21.8 Å². The molecule has 15 heteroatoms. The van der Waals surface area contributed by atoms with Crippen molar-refractivity contribution in [2.75, 3.05) is 71.0 Å². The van der Waals surface area contributed by atoms with Crippen molar-refractivity contribution in [2.24, 2.45) is 0 Å². The van der Waals surface area contributed by atoms with Gasteiger partial charge in [-0.1, -0.05) is 6.07 Å². The van der Waals surface area contributed by atoms with E-state index in [2.05, 4.69) is 9.80 Å². The first-order valence-corrected chi connectivity index (χ1v) is 17.5. The molecule has 1 aromatic carbocycles. The van der Waals surface area contributed by atoms with Gasteiger partial charge < -0.3 is 14.9 Å². The Labute approximate surface area is 254 Å². The van der Waals surface area contributed by atoms with Crippen molar-refractivity contribution in [3.63, 3.8) is 0 Å². The molecule has 0 radical (unpaired) electrons. The third-order valence-corrected chi connectivity index (χ3v) is 10.5. The largest absolute Gasteiger partial charge is 0.417 e. The van der Waals surface area contributed by atoms with Crippen LogP contribution in [0.1, 0.15) is 29.7 Å². The number of hydrogen-bond acceptors (Lipinski definition) is 9. The molecule has 2 saturated heterocycles. The van der Waals surface area contributed by atoms with Gasteiger partial charge in [0, 0.05) is 79.7 Å². The number of fused-ring (bicyclic) bond motifs is 1. The number of likely N-dealkylation sites (tertiary alicyclic amines) is 1. The highest BCUT2D eigenvalue weighted by Gasteiger charge is 2.35. The number of piperidine rings is 1. The van der Waals surface area contributed by atoms with Crippen molar-refractivity contribution in [1.82, 2.24) is 23.9 Å². The number of morpholine rings is 1. The van der Waals surface area contributed by atoms with Gasteiger partial charge in [0.1, 0.15) is 0 Å². The first-order valence-electron chi connectivity index (χ1n) is 14.6. The molecule has 2 N–H and O–H groups in total. The van der Waals surface area contributed by atoms with Crippen LogP contribution in [0.4, 0.5) is 13.2 Å². The molecule has 2 fully saturated rings. The van der Waals surface area contributed by atoms with E-state index in [-0.39, 0.29) is 24.5 Å². The molecule has 0 spiro atoms. The van der Waals surface area contributed by atoms with Gasteiger partial charge in [-0.2, -0.15) is 22.6 Å². The second-order valence-electron chi connectivity index (χ2n) is 11.5. The Hall–Kier alpha value is -1.72. The van der Waals surface area contributed by atoms with E-state index >= 15 is 0 Å². The van der Waals surface area contributed by atoms with Gasteiger partial charge >= 0.3 is 6.18 Å². The minimum atomic E-state index is -4.54. The number of aliphatic hydroxyl groups is 2. The number of thioether (sulfide) groups is 1. The van der Waals surface area contributed by atoms with E-state index < -0.39 is 34.0 Å². The van der Waals surface area contributed by atoms with Crippen LogP contribution in [0.2, 0.25) is 0 Å². The predicted octanol–water partition coefficient (Wildman–Crippen LogP) is 2.13. The van der Waals surface area contributed by atoms with Crippen LogP contribution in [-0.4, -0.2) is 126 Å². The van der Waals surface area contributed by atoms with E-state index in [9.17, 15) is 31.8 Å². The standard InChI is InChI=1S/C28H40F3N5O5S2/c1-43(39,40)35-8-6-25-23(19-35)27(32-36(25)18-22(38)17-34-9-12-41-13-10-34)20-4-5-24(28(29,30)31)26(15-20)42-14-11-33-7-2-3-21(37)16-33/h4-5,15,21-22,37-38H,2-3,6-14,16-19H2,1H3/t21-,22+/m0/s1. The zero-order valence-corrected chi connectivity index (χ0v) is 25.9. The van der Waals surface area contributed by atoms with Gasteiger partial charge in [0.2, 0.25) is 10.0 Å². The van der Waals surface area contributed by atoms with Gasteiger partial charge in [0.15, 0.2) is 0 Å². The number of hydrogen-bond donors (Lipinski definition) is 2. The number of ether oxygens (including phenoxy) is 1. The summed E-state index contributed by atoms with van der Waals surface area (Å²) in [7, 11) is -3.51. The maximum Gasteiger partial charge on any atom is 0.417 e. The van der Waals surface area contributed by atoms with Crippen LogP contribution < -0.4 is 0 Å². The minimum Gasteiger partial charge on any atom is -0.392 e. The van der Waals surface area contributed by atoms with Gasteiger partial charge in [0.05, 0.1) is 49.5 Å². The summed E-state index contributed by atoms with van der Waals surface area (Å²) in [5.41, 5.74) is 1.60. The van der Waals surface area contributed by atoms with Gasteiger partial charge in [-0.05, 0) is 31.5 Å². The first-order chi connectivity index (χ1) is 20.4. The molecule has 3 aliphatic heterocycles. The average Bonchev–Trinajstić information content (AvgIpc) is 3.30. The van der Waals surface area contributed by atoms with Crippen molar-refractivity contribution in [2.45, 2.75) is 55.6 Å². The van der Waals surface area contributed by atoms with Crippen molar-refractivity contribution in [1.29, 1.82) is 0 Å². The zero-order chi connectivity index (χ0) is 30.8. The second kappa shape index (κ2) is 13.7. The summed E-state index contributed by atoms with van der Waals surface area (Å²) in [6.07, 6.45) is -2.58. The first kappa shape index (κ1) is 32.7. The van der Waals surface area contributed by atoms with Crippen LogP contribution in [0.3, 0.4) is 0 Å². The van der Waals surface area contributed by atoms with Crippen LogP contribution >= 0.6 is 11.8 Å². The number of halogens is 3. The van der Waals surface area contributed by atoms with Crippen LogP contribution in [0.5, 0.6) is 0 Å². The molecule has 43 heavy (non-hydrogen) atoms. The Morgan fingerprint density at radius 1 is 1.14 bits per heavy atom. The Morgan fingerprint density at radius 3 is 2.60 bits per heavy atom. The molecule has 4 heterocycles. The molecular weight excluding hydrogens is 607 g/mol. The van der Waals surface area contributed by atoms with E-state index in [1.807, 2.05) is 0 Å². The van der Waals surface area contributed by atoms with Gasteiger partial charge in [-0.25, -0.2) is 8.42 Å². The Kier molecular flexibility index (Phi) is 10.4. The molecule has 0 aliphatic carbocycles. The lowest BCUT2D eigenvalue weighted by molar-refractivity contribution is -0.139. The lowest BCUT2D eigenvalue weighted by atomic mass is 10.0. The number of nitrogens with zero attached hydrogens (tertiary/aromatic N) is 5. The number of benzene rings is 1. The monoisotopic (exact) mass is 647 g/mol. The minimum absolute atomic E-state index is 0.0594. The number of sulfonamides is 1. The molecule has 5 rings (SSSR count). The lowest BCUT2D eigenvalue weighted by Crippen LogP contribution is -2.42. The number of aliphatic hydroxyl groups excluding tert-OH is 2. The van der Waals surface area contributed by atoms with E-state index in [1.165, 1.54) is 16.4 Å². The molecule has 1 aromatic heterocycles. The SMILES string of the molecule is CS(=O)(=O)N1CCc2c(c(-c3ccc(C(F)(F)F)c(SCCN4CCC[C@H](O)C4)c3)nn2C[C@H](O)CN2CCOCC2)C1. The highest BCUT2D eigenvalue weighted by Crippen LogP contribution is 2.40. The Morgan fingerprint density at radius 2 is 1.91 bits per heavy atom. The molecule has 0 saturated carbocycles. The van der Waals surface area contributed by atoms with E-state index in [0.717, 1.165) is 49.2 Å². The van der Waals surface area contributed by atoms with Crippen molar-refractivity contribution in [3.8, 4) is 11.3 Å². The molecule has 0 amide bonds. The van der Waals surface area contributed by atoms with Crippen LogP contribution in [-0.2, 0) is 40.4 Å². The van der Waals surface area contributed by atoms with Crippen LogP contribution in [0.15, 0.2) is 23.1 Å². The number of aromatic nitrogens is 2. The predicted molar refractivity (Wildman–Crippen MR) is 157 cm³/mol. The fraction of sp³-hybridized carbons (Fsp3) is 0.679. The molecular formula is C28H40F3N5O5S2. The van der Waals surface area contributed by atoms with Crippen LogP contribution in [0, 0.1) is 0 Å². The molecule has 0 bridgehead atoms. The summed E-state index contributed by atoms with van der Waals surface area (Å²) in [6.45, 7) is 5.44. The lowest BCUT2D eigenvalue weighted by Gasteiger charge is -2.29. The van der Waals surface area contributed by atoms with E-state index in [1.54, 1.807) is 4.68 Å². The smallest absolute Gasteiger partial charge is 0.392 e. The Balaban J connectivity index is 1.43. The van der Waals surface area contributed by atoms with E-state index in [4.69, 9.17) is 9.84 Å². The van der Waals surface area contributed by atoms with Gasteiger partial charge in [0.25, 0.3) is 0 Å². The third kappa shape index (κ3) is 8.31. The highest BCUT2D eigenvalue weighted by molar-refractivity contribution is 7.99. The number of alkyl halides is 3. The average molecular weight is 648 g/mol. The summed E-state index contributed by atoms with van der Waals surface area (Å²) in [4.78, 5) is 4.26. The fourth-order valence-electron chi connectivity index (χ4n) is 6.01. The van der Waals surface area contributed by atoms with Crippen molar-refractivity contribution < 1.29 is 36.5 Å². The Bertz CT molecular complexity index is 1370. The maximum atomic E-state index is 14.0. The van der Waals surface area contributed by atoms with Gasteiger partial charge in [-0.15, -0.1) is 11.8 Å². The number of rotatable bonds is 10. The normalized spacial score (nSPS) is 22.0. The number of β-amino-alcohol motifs (C(OH)–C–C–N with tert-alkyl or cyclic N) is 2. The zero-order valence-electron chi connectivity index (χ0n) is 24.3. The topological polar surface area (TPSA) is 111 Å². The molecule has 0 unspecified atom stereocenters. The second-order valence-corrected chi connectivity index (χ2v) is 14.6. The molecule has 240 valence electrons. The summed E-state index contributed by atoms with van der Waals surface area (Å²) in [5.74, 6) is 0.418. The van der Waals surface area contributed by atoms with Crippen LogP contribution in [0.25, 0.3) is 11.3 Å². The molecule has 3 aliphatic rings. The third-order valence-electron chi connectivity index (χ3n) is 8.23. The van der Waals surface area contributed by atoms with Crippen molar-refractivity contribution in [3.05, 3.63) is 35.0 Å². The fourth-order valence-corrected chi connectivity index (χ4v) is 7.92. The maximum absolute atomic E-state index is 14.0. The molecule has 2 aromatic rings. The van der Waals surface area contributed by atoms with Gasteiger partial charge in [-0.3, -0.25) is 14.5 Å². The quantitative estimate of drug-likeness (QED) is 0.375. The van der Waals surface area contributed by atoms with E-state index in [0.29, 0.717) is 74.9 Å². The summed E-state index contributed by atoms with van der Waals surface area (Å²) >= 11 is 1.12. The summed E-state index contributed by atoms with van der Waals surface area (Å²) < 4.78 is 75.3. The summed E-state index contributed by atoms with van der Waals surface area (Å²) in [6, 6.07) is 3.96.